The van der Waals surface area contributed by atoms with E-state index < -0.39 is 16.3 Å². The van der Waals surface area contributed by atoms with Gasteiger partial charge < -0.3 is 0 Å². The van der Waals surface area contributed by atoms with Crippen LogP contribution in [-0.4, -0.2) is 33.6 Å². The summed E-state index contributed by atoms with van der Waals surface area (Å²) in [6.45, 7) is 0. The molecule has 0 aromatic heterocycles. The number of amides is 3. The molecule has 8 heteroatoms. The first-order valence-electron chi connectivity index (χ1n) is 7.65. The highest BCUT2D eigenvalue weighted by molar-refractivity contribution is 7.99. The van der Waals surface area contributed by atoms with Crippen molar-refractivity contribution < 1.29 is 14.5 Å². The van der Waals surface area contributed by atoms with E-state index in [0.717, 1.165) is 0 Å². The van der Waals surface area contributed by atoms with Crippen LogP contribution in [0.4, 0.5) is 16.2 Å². The minimum atomic E-state index is -0.540. The fourth-order valence-corrected chi connectivity index (χ4v) is 4.56. The number of carbonyl (C=O) groups is 2. The van der Waals surface area contributed by atoms with Crippen LogP contribution < -0.4 is 4.90 Å². The fraction of sp³-hybridized carbons (Fsp3) is 0.176. The van der Waals surface area contributed by atoms with Gasteiger partial charge in [0.25, 0.3) is 11.6 Å². The summed E-state index contributed by atoms with van der Waals surface area (Å²) in [7, 11) is 0. The molecule has 0 radical (unpaired) electrons. The van der Waals surface area contributed by atoms with Crippen molar-refractivity contribution in [2.24, 2.45) is 0 Å². The van der Waals surface area contributed by atoms with E-state index in [2.05, 4.69) is 0 Å². The molecule has 0 aliphatic carbocycles. The second-order valence-corrected chi connectivity index (χ2v) is 6.87. The molecule has 2 heterocycles. The molecule has 2 saturated heterocycles. The van der Waals surface area contributed by atoms with Gasteiger partial charge in [0.1, 0.15) is 11.4 Å². The van der Waals surface area contributed by atoms with Crippen LogP contribution in [0, 0.1) is 10.1 Å². The predicted molar refractivity (Wildman–Crippen MR) is 93.2 cm³/mol. The molecule has 25 heavy (non-hydrogen) atoms. The average Bonchev–Trinajstić information content (AvgIpc) is 3.16. The Labute approximate surface area is 147 Å². The molecule has 7 nitrogen and oxygen atoms in total. The third-order valence-corrected chi connectivity index (χ3v) is 5.62. The Morgan fingerprint density at radius 2 is 1.84 bits per heavy atom. The lowest BCUT2D eigenvalue weighted by Gasteiger charge is -2.22. The second kappa shape index (κ2) is 5.89. The third-order valence-electron chi connectivity index (χ3n) is 4.30. The number of fused-ring (bicyclic) bond motifs is 1. The van der Waals surface area contributed by atoms with Crippen LogP contribution in [0.3, 0.4) is 0 Å². The summed E-state index contributed by atoms with van der Waals surface area (Å²) in [4.78, 5) is 38.8. The number of hydrogen-bond donors (Lipinski definition) is 0. The zero-order valence-corrected chi connectivity index (χ0v) is 13.8. The summed E-state index contributed by atoms with van der Waals surface area (Å²) in [5, 5.41) is 10.6. The molecule has 2 aliphatic heterocycles. The number of non-ortho nitro benzene ring substituents is 1. The topological polar surface area (TPSA) is 83.8 Å². The van der Waals surface area contributed by atoms with Crippen molar-refractivity contribution in [3.63, 3.8) is 0 Å². The SMILES string of the molecule is O=C1[C@@H]2CSC(c3cccc([N+](=O)[O-])c3)N2C(=O)N1c1ccccc1. The Hall–Kier alpha value is -2.87. The number of hydrogen-bond acceptors (Lipinski definition) is 5. The molecule has 3 amide bonds. The van der Waals surface area contributed by atoms with Crippen molar-refractivity contribution in [1.82, 2.24) is 4.90 Å². The largest absolute Gasteiger partial charge is 0.333 e. The monoisotopic (exact) mass is 355 g/mol. The van der Waals surface area contributed by atoms with E-state index in [1.807, 2.05) is 6.07 Å². The van der Waals surface area contributed by atoms with E-state index in [1.165, 1.54) is 33.7 Å². The smallest absolute Gasteiger partial charge is 0.295 e. The van der Waals surface area contributed by atoms with Crippen molar-refractivity contribution in [2.75, 3.05) is 10.7 Å². The molecule has 0 bridgehead atoms. The highest BCUT2D eigenvalue weighted by Crippen LogP contribution is 2.46. The standard InChI is InChI=1S/C17H13N3O4S/c21-15-14-10-25-16(11-5-4-8-13(9-11)20(23)24)19(14)17(22)18(15)12-6-2-1-3-7-12/h1-9,14,16H,10H2/t14-,16?/m0/s1. The van der Waals surface area contributed by atoms with Gasteiger partial charge in [0.2, 0.25) is 0 Å². The van der Waals surface area contributed by atoms with Gasteiger partial charge in [-0.3, -0.25) is 19.8 Å². The predicted octanol–water partition coefficient (Wildman–Crippen LogP) is 3.18. The van der Waals surface area contributed by atoms with Crippen molar-refractivity contribution in [3.05, 3.63) is 70.3 Å². The zero-order chi connectivity index (χ0) is 17.6. The summed E-state index contributed by atoms with van der Waals surface area (Å²) < 4.78 is 0. The van der Waals surface area contributed by atoms with Crippen LogP contribution in [0.15, 0.2) is 54.6 Å². The van der Waals surface area contributed by atoms with E-state index in [0.29, 0.717) is 17.0 Å². The summed E-state index contributed by atoms with van der Waals surface area (Å²) in [5.41, 5.74) is 1.16. The average molecular weight is 355 g/mol. The molecule has 2 aromatic carbocycles. The summed E-state index contributed by atoms with van der Waals surface area (Å²) in [6, 6.07) is 14.1. The molecule has 0 saturated carbocycles. The Morgan fingerprint density at radius 3 is 2.56 bits per heavy atom. The molecular formula is C17H13N3O4S. The number of thioether (sulfide) groups is 1. The molecule has 0 N–H and O–H groups in total. The van der Waals surface area contributed by atoms with Crippen molar-refractivity contribution in [2.45, 2.75) is 11.4 Å². The van der Waals surface area contributed by atoms with Crippen molar-refractivity contribution in [3.8, 4) is 0 Å². The maximum Gasteiger partial charge on any atom is 0.333 e. The number of para-hydroxylation sites is 1. The molecule has 2 atom stereocenters. The highest BCUT2D eigenvalue weighted by atomic mass is 32.2. The number of nitro groups is 1. The van der Waals surface area contributed by atoms with Crippen LogP contribution in [0.25, 0.3) is 0 Å². The first kappa shape index (κ1) is 15.6. The van der Waals surface area contributed by atoms with Gasteiger partial charge in [-0.2, -0.15) is 0 Å². The lowest BCUT2D eigenvalue weighted by Crippen LogP contribution is -2.33. The number of carbonyl (C=O) groups excluding carboxylic acids is 2. The summed E-state index contributed by atoms with van der Waals surface area (Å²) in [6.07, 6.45) is 0. The Kier molecular flexibility index (Phi) is 3.69. The van der Waals surface area contributed by atoms with Gasteiger partial charge in [0.05, 0.1) is 10.6 Å². The van der Waals surface area contributed by atoms with Crippen LogP contribution >= 0.6 is 11.8 Å². The minimum absolute atomic E-state index is 0.0283. The molecule has 126 valence electrons. The number of imide groups is 1. The van der Waals surface area contributed by atoms with E-state index in [1.54, 1.807) is 36.4 Å². The number of benzene rings is 2. The number of rotatable bonds is 3. The molecule has 2 aromatic rings. The van der Waals surface area contributed by atoms with E-state index in [4.69, 9.17) is 0 Å². The van der Waals surface area contributed by atoms with Crippen LogP contribution in [-0.2, 0) is 4.79 Å². The van der Waals surface area contributed by atoms with Gasteiger partial charge in [0.15, 0.2) is 0 Å². The number of nitrogens with zero attached hydrogens (tertiary/aromatic N) is 3. The van der Waals surface area contributed by atoms with Crippen molar-refractivity contribution in [1.29, 1.82) is 0 Å². The normalized spacial score (nSPS) is 22.4. The Balaban J connectivity index is 1.69. The van der Waals surface area contributed by atoms with Gasteiger partial charge in [-0.1, -0.05) is 30.3 Å². The Bertz CT molecular complexity index is 873. The quantitative estimate of drug-likeness (QED) is 0.480. The summed E-state index contributed by atoms with van der Waals surface area (Å²) >= 11 is 1.45. The van der Waals surface area contributed by atoms with E-state index in [9.17, 15) is 19.7 Å². The fourth-order valence-electron chi connectivity index (χ4n) is 3.15. The number of nitro benzene ring substituents is 1. The Morgan fingerprint density at radius 1 is 1.08 bits per heavy atom. The first-order chi connectivity index (χ1) is 12.1. The van der Waals surface area contributed by atoms with Crippen LogP contribution in [0.2, 0.25) is 0 Å². The third kappa shape index (κ3) is 2.45. The van der Waals surface area contributed by atoms with Gasteiger partial charge in [-0.15, -0.1) is 11.8 Å². The van der Waals surface area contributed by atoms with Crippen LogP contribution in [0.1, 0.15) is 10.9 Å². The van der Waals surface area contributed by atoms with Gasteiger partial charge in [-0.05, 0) is 17.7 Å². The molecule has 2 aliphatic rings. The van der Waals surface area contributed by atoms with E-state index >= 15 is 0 Å². The lowest BCUT2D eigenvalue weighted by molar-refractivity contribution is -0.384. The second-order valence-electron chi connectivity index (χ2n) is 5.75. The van der Waals surface area contributed by atoms with Crippen molar-refractivity contribution >= 4 is 35.1 Å². The molecular weight excluding hydrogens is 342 g/mol. The lowest BCUT2D eigenvalue weighted by atomic mass is 10.1. The van der Waals surface area contributed by atoms with Gasteiger partial charge in [-0.25, -0.2) is 9.69 Å². The maximum absolute atomic E-state index is 12.9. The van der Waals surface area contributed by atoms with Gasteiger partial charge >= 0.3 is 6.03 Å². The van der Waals surface area contributed by atoms with E-state index in [-0.39, 0.29) is 17.6 Å². The zero-order valence-electron chi connectivity index (χ0n) is 12.9. The number of urea groups is 1. The molecule has 1 unspecified atom stereocenters. The first-order valence-corrected chi connectivity index (χ1v) is 8.70. The molecule has 4 rings (SSSR count). The maximum atomic E-state index is 12.9. The molecule has 0 spiro atoms. The highest BCUT2D eigenvalue weighted by Gasteiger charge is 2.53. The van der Waals surface area contributed by atoms with Gasteiger partial charge in [0, 0.05) is 17.9 Å². The molecule has 2 fully saturated rings. The number of anilines is 1. The minimum Gasteiger partial charge on any atom is -0.295 e. The summed E-state index contributed by atoms with van der Waals surface area (Å²) in [5.74, 6) is 0.220. The van der Waals surface area contributed by atoms with Crippen LogP contribution in [0.5, 0.6) is 0 Å².